The van der Waals surface area contributed by atoms with Crippen LogP contribution in [0.15, 0.2) is 60.9 Å². The van der Waals surface area contributed by atoms with Gasteiger partial charge in [-0.1, -0.05) is 18.2 Å². The van der Waals surface area contributed by atoms with E-state index in [2.05, 4.69) is 10.3 Å². The molecule has 4 rings (SSSR count). The number of para-hydroxylation sites is 1. The minimum absolute atomic E-state index is 0.144. The van der Waals surface area contributed by atoms with E-state index in [1.165, 1.54) is 7.11 Å². The Balaban J connectivity index is 1.75. The molecule has 2 aromatic heterocycles. The predicted octanol–water partition coefficient (Wildman–Crippen LogP) is 5.04. The molecular formula is C21H17FN4O3. The molecule has 0 spiro atoms. The van der Waals surface area contributed by atoms with Gasteiger partial charge >= 0.3 is 5.69 Å². The van der Waals surface area contributed by atoms with Crippen molar-refractivity contribution in [3.05, 3.63) is 76.9 Å². The molecule has 0 radical (unpaired) electrons. The van der Waals surface area contributed by atoms with Crippen LogP contribution in [0.2, 0.25) is 0 Å². The number of rotatable bonds is 5. The maximum Gasteiger partial charge on any atom is 0.307 e. The fraction of sp³-hybridized carbons (Fsp3) is 0.0952. The van der Waals surface area contributed by atoms with Gasteiger partial charge in [-0.2, -0.15) is 4.39 Å². The Bertz CT molecular complexity index is 1240. The smallest absolute Gasteiger partial charge is 0.307 e. The average molecular weight is 392 g/mol. The van der Waals surface area contributed by atoms with Crippen LogP contribution in [0.1, 0.15) is 0 Å². The SMILES string of the molecule is COc1cc(F)c([N+](=O)[O-])cc1Nc1cc(-c2cn(C)c3ccccc23)ccn1. The molecule has 0 aliphatic rings. The summed E-state index contributed by atoms with van der Waals surface area (Å²) in [5, 5.41) is 15.2. The number of aryl methyl sites for hydroxylation is 1. The number of hydrogen-bond donors (Lipinski definition) is 1. The number of hydrogen-bond acceptors (Lipinski definition) is 5. The van der Waals surface area contributed by atoms with E-state index < -0.39 is 16.4 Å². The zero-order chi connectivity index (χ0) is 20.5. The molecule has 0 bridgehead atoms. The Morgan fingerprint density at radius 3 is 2.76 bits per heavy atom. The molecule has 0 aliphatic heterocycles. The van der Waals surface area contributed by atoms with E-state index >= 15 is 0 Å². The summed E-state index contributed by atoms with van der Waals surface area (Å²) in [5.74, 6) is -0.366. The molecule has 2 aromatic carbocycles. The second-order valence-corrected chi connectivity index (χ2v) is 6.49. The summed E-state index contributed by atoms with van der Waals surface area (Å²) in [6.07, 6.45) is 3.68. The van der Waals surface area contributed by atoms with Gasteiger partial charge < -0.3 is 14.6 Å². The molecule has 0 aliphatic carbocycles. The van der Waals surface area contributed by atoms with Crippen molar-refractivity contribution in [1.82, 2.24) is 9.55 Å². The van der Waals surface area contributed by atoms with E-state index in [0.717, 1.165) is 34.2 Å². The minimum Gasteiger partial charge on any atom is -0.494 e. The lowest BCUT2D eigenvalue weighted by molar-refractivity contribution is -0.387. The van der Waals surface area contributed by atoms with Crippen molar-refractivity contribution < 1.29 is 14.1 Å². The highest BCUT2D eigenvalue weighted by atomic mass is 19.1. The van der Waals surface area contributed by atoms with Gasteiger partial charge in [0, 0.05) is 48.0 Å². The third-order valence-electron chi connectivity index (χ3n) is 4.70. The van der Waals surface area contributed by atoms with Gasteiger partial charge in [0.15, 0.2) is 0 Å². The maximum absolute atomic E-state index is 13.9. The lowest BCUT2D eigenvalue weighted by atomic mass is 10.1. The first-order valence-corrected chi connectivity index (χ1v) is 8.77. The van der Waals surface area contributed by atoms with Gasteiger partial charge in [-0.05, 0) is 23.8 Å². The number of methoxy groups -OCH3 is 1. The van der Waals surface area contributed by atoms with Gasteiger partial charge in [-0.15, -0.1) is 0 Å². The van der Waals surface area contributed by atoms with Crippen molar-refractivity contribution in [3.8, 4) is 16.9 Å². The monoisotopic (exact) mass is 392 g/mol. The topological polar surface area (TPSA) is 82.2 Å². The number of nitrogens with one attached hydrogen (secondary N) is 1. The minimum atomic E-state index is -0.963. The first kappa shape index (κ1) is 18.4. The number of halogens is 1. The van der Waals surface area contributed by atoms with E-state index in [1.807, 2.05) is 54.2 Å². The van der Waals surface area contributed by atoms with E-state index in [-0.39, 0.29) is 11.4 Å². The van der Waals surface area contributed by atoms with Crippen LogP contribution in [0.5, 0.6) is 5.75 Å². The number of anilines is 2. The van der Waals surface area contributed by atoms with Crippen LogP contribution in [-0.4, -0.2) is 21.6 Å². The predicted molar refractivity (Wildman–Crippen MR) is 109 cm³/mol. The number of pyridine rings is 1. The summed E-state index contributed by atoms with van der Waals surface area (Å²) in [6.45, 7) is 0. The molecule has 2 heterocycles. The summed E-state index contributed by atoms with van der Waals surface area (Å²) >= 11 is 0. The number of nitrogens with zero attached hydrogens (tertiary/aromatic N) is 3. The first-order valence-electron chi connectivity index (χ1n) is 8.77. The van der Waals surface area contributed by atoms with E-state index in [1.54, 1.807) is 6.20 Å². The van der Waals surface area contributed by atoms with Crippen molar-refractivity contribution in [2.75, 3.05) is 12.4 Å². The summed E-state index contributed by atoms with van der Waals surface area (Å²) in [7, 11) is 3.35. The Morgan fingerprint density at radius 1 is 1.21 bits per heavy atom. The molecule has 0 atom stereocenters. The standard InChI is InChI=1S/C21H17FN4O3/c1-25-12-15(14-5-3-4-6-18(14)25)13-7-8-23-21(9-13)24-17-11-19(26(27)28)16(22)10-20(17)29-2/h3-12H,1-2H3,(H,23,24). The Morgan fingerprint density at radius 2 is 2.00 bits per heavy atom. The maximum atomic E-state index is 13.9. The van der Waals surface area contributed by atoms with Crippen molar-refractivity contribution in [3.63, 3.8) is 0 Å². The first-order chi connectivity index (χ1) is 14.0. The molecule has 29 heavy (non-hydrogen) atoms. The molecule has 7 nitrogen and oxygen atoms in total. The van der Waals surface area contributed by atoms with Crippen molar-refractivity contribution in [1.29, 1.82) is 0 Å². The quantitative estimate of drug-likeness (QED) is 0.380. The van der Waals surface area contributed by atoms with Gasteiger partial charge in [0.25, 0.3) is 0 Å². The largest absolute Gasteiger partial charge is 0.494 e. The Kier molecular flexibility index (Phi) is 4.59. The molecule has 4 aromatic rings. The number of fused-ring (bicyclic) bond motifs is 1. The average Bonchev–Trinajstić information content (AvgIpc) is 3.06. The molecule has 8 heteroatoms. The molecule has 0 saturated carbocycles. The zero-order valence-corrected chi connectivity index (χ0v) is 15.7. The fourth-order valence-electron chi connectivity index (χ4n) is 3.33. The van der Waals surface area contributed by atoms with Crippen LogP contribution in [0.4, 0.5) is 21.6 Å². The van der Waals surface area contributed by atoms with Crippen LogP contribution in [0.3, 0.4) is 0 Å². The molecule has 0 amide bonds. The third-order valence-corrected chi connectivity index (χ3v) is 4.70. The number of benzene rings is 2. The second kappa shape index (κ2) is 7.23. The van der Waals surface area contributed by atoms with Gasteiger partial charge in [0.1, 0.15) is 11.6 Å². The van der Waals surface area contributed by atoms with E-state index in [9.17, 15) is 14.5 Å². The fourth-order valence-corrected chi connectivity index (χ4v) is 3.33. The summed E-state index contributed by atoms with van der Waals surface area (Å²) in [6, 6.07) is 13.9. The number of nitro groups is 1. The molecule has 0 saturated heterocycles. The van der Waals surface area contributed by atoms with Crippen molar-refractivity contribution >= 4 is 28.1 Å². The van der Waals surface area contributed by atoms with E-state index in [4.69, 9.17) is 4.74 Å². The van der Waals surface area contributed by atoms with Gasteiger partial charge in [0.2, 0.25) is 5.82 Å². The Labute approximate surface area is 165 Å². The highest BCUT2D eigenvalue weighted by Crippen LogP contribution is 2.35. The lowest BCUT2D eigenvalue weighted by Gasteiger charge is -2.11. The van der Waals surface area contributed by atoms with Crippen LogP contribution in [0, 0.1) is 15.9 Å². The highest BCUT2D eigenvalue weighted by molar-refractivity contribution is 5.96. The number of nitro benzene ring substituents is 1. The Hall–Kier alpha value is -3.94. The highest BCUT2D eigenvalue weighted by Gasteiger charge is 2.19. The van der Waals surface area contributed by atoms with Crippen molar-refractivity contribution in [2.45, 2.75) is 0 Å². The molecular weight excluding hydrogens is 375 g/mol. The van der Waals surface area contributed by atoms with Crippen LogP contribution < -0.4 is 10.1 Å². The summed E-state index contributed by atoms with van der Waals surface area (Å²) in [5.41, 5.74) is 2.67. The summed E-state index contributed by atoms with van der Waals surface area (Å²) < 4.78 is 21.1. The zero-order valence-electron chi connectivity index (χ0n) is 15.7. The number of aromatic nitrogens is 2. The second-order valence-electron chi connectivity index (χ2n) is 6.49. The lowest BCUT2D eigenvalue weighted by Crippen LogP contribution is -2.00. The molecule has 146 valence electrons. The molecule has 0 unspecified atom stereocenters. The third kappa shape index (κ3) is 3.36. The van der Waals surface area contributed by atoms with Gasteiger partial charge in [-0.25, -0.2) is 4.98 Å². The van der Waals surface area contributed by atoms with E-state index in [0.29, 0.717) is 5.82 Å². The normalized spacial score (nSPS) is 10.9. The number of ether oxygens (including phenoxy) is 1. The summed E-state index contributed by atoms with van der Waals surface area (Å²) in [4.78, 5) is 14.6. The van der Waals surface area contributed by atoms with Crippen molar-refractivity contribution in [2.24, 2.45) is 7.05 Å². The van der Waals surface area contributed by atoms with Crippen LogP contribution in [-0.2, 0) is 7.05 Å². The van der Waals surface area contributed by atoms with Crippen LogP contribution >= 0.6 is 0 Å². The molecule has 1 N–H and O–H groups in total. The van der Waals surface area contributed by atoms with Gasteiger partial charge in [0.05, 0.1) is 17.7 Å². The van der Waals surface area contributed by atoms with Crippen LogP contribution in [0.25, 0.3) is 22.0 Å². The molecule has 0 fully saturated rings. The van der Waals surface area contributed by atoms with Gasteiger partial charge in [-0.3, -0.25) is 10.1 Å².